The van der Waals surface area contributed by atoms with E-state index in [9.17, 15) is 15.2 Å². The minimum atomic E-state index is -0.404. The smallest absolute Gasteiger partial charge is 0.275 e. The van der Waals surface area contributed by atoms with Gasteiger partial charge in [-0.25, -0.2) is 0 Å². The molecule has 1 heterocycles. The largest absolute Gasteiger partial charge is 0.506 e. The molecule has 7 heteroatoms. The van der Waals surface area contributed by atoms with Gasteiger partial charge in [0.25, 0.3) is 5.69 Å². The molecule has 1 aliphatic heterocycles. The molecular formula is C18H14Cl2N2O3. The quantitative estimate of drug-likeness (QED) is 0.317. The summed E-state index contributed by atoms with van der Waals surface area (Å²) in [5.41, 5.74) is 1.81. The number of benzene rings is 2. The highest BCUT2D eigenvalue weighted by atomic mass is 35.5. The number of aromatic hydroxyl groups is 1. The van der Waals surface area contributed by atoms with Crippen molar-refractivity contribution in [1.82, 2.24) is 0 Å². The maximum absolute atomic E-state index is 11.5. The van der Waals surface area contributed by atoms with Crippen molar-refractivity contribution in [2.75, 3.05) is 5.32 Å². The first-order valence-corrected chi connectivity index (χ1v) is 8.61. The van der Waals surface area contributed by atoms with Crippen LogP contribution in [0.4, 0.5) is 11.4 Å². The van der Waals surface area contributed by atoms with Crippen molar-refractivity contribution in [3.8, 4) is 5.75 Å². The molecule has 2 N–H and O–H groups in total. The van der Waals surface area contributed by atoms with Crippen molar-refractivity contribution in [2.45, 2.75) is 18.4 Å². The Bertz CT molecular complexity index is 913. The minimum absolute atomic E-state index is 0.00515. The predicted octanol–water partition coefficient (Wildman–Crippen LogP) is 5.43. The number of allylic oxidation sites excluding steroid dienone is 2. The summed E-state index contributed by atoms with van der Waals surface area (Å²) in [6.45, 7) is 0. The Labute approximate surface area is 154 Å². The van der Waals surface area contributed by atoms with Gasteiger partial charge in [0.15, 0.2) is 0 Å². The first-order valence-electron chi connectivity index (χ1n) is 7.85. The van der Waals surface area contributed by atoms with Crippen LogP contribution in [0.15, 0.2) is 42.5 Å². The molecule has 0 saturated carbocycles. The zero-order chi connectivity index (χ0) is 17.7. The van der Waals surface area contributed by atoms with Gasteiger partial charge in [0, 0.05) is 22.0 Å². The lowest BCUT2D eigenvalue weighted by Gasteiger charge is -2.37. The highest BCUT2D eigenvalue weighted by Gasteiger charge is 2.43. The highest BCUT2D eigenvalue weighted by molar-refractivity contribution is 6.35. The second-order valence-corrected chi connectivity index (χ2v) is 7.13. The number of fused-ring (bicyclic) bond motifs is 3. The summed E-state index contributed by atoms with van der Waals surface area (Å²) in [6.07, 6.45) is 4.78. The molecule has 2 aromatic rings. The number of halogens is 2. The molecule has 3 unspecified atom stereocenters. The summed E-state index contributed by atoms with van der Waals surface area (Å²) in [7, 11) is 0. The molecule has 25 heavy (non-hydrogen) atoms. The van der Waals surface area contributed by atoms with Crippen LogP contribution in [0.1, 0.15) is 29.5 Å². The fraction of sp³-hybridized carbons (Fsp3) is 0.222. The lowest BCUT2D eigenvalue weighted by Crippen LogP contribution is -2.29. The average molecular weight is 377 g/mol. The van der Waals surface area contributed by atoms with E-state index >= 15 is 0 Å². The lowest BCUT2D eigenvalue weighted by atomic mass is 9.76. The zero-order valence-corrected chi connectivity index (χ0v) is 14.5. The van der Waals surface area contributed by atoms with Gasteiger partial charge in [0.2, 0.25) is 0 Å². The Morgan fingerprint density at radius 2 is 2.04 bits per heavy atom. The van der Waals surface area contributed by atoms with Crippen LogP contribution < -0.4 is 5.32 Å². The predicted molar refractivity (Wildman–Crippen MR) is 97.6 cm³/mol. The average Bonchev–Trinajstić information content (AvgIpc) is 3.04. The van der Waals surface area contributed by atoms with Crippen LogP contribution in [0.3, 0.4) is 0 Å². The molecule has 128 valence electrons. The summed E-state index contributed by atoms with van der Waals surface area (Å²) >= 11 is 12.4. The molecule has 5 nitrogen and oxygen atoms in total. The number of hydrogen-bond acceptors (Lipinski definition) is 4. The van der Waals surface area contributed by atoms with E-state index < -0.39 is 4.92 Å². The molecule has 2 aliphatic rings. The van der Waals surface area contributed by atoms with Gasteiger partial charge < -0.3 is 10.4 Å². The maximum atomic E-state index is 11.5. The van der Waals surface area contributed by atoms with E-state index in [0.717, 1.165) is 12.0 Å². The van der Waals surface area contributed by atoms with E-state index in [4.69, 9.17) is 23.2 Å². The van der Waals surface area contributed by atoms with Gasteiger partial charge in [-0.15, -0.1) is 0 Å². The van der Waals surface area contributed by atoms with Crippen LogP contribution >= 0.6 is 23.2 Å². The number of nitro benzene ring substituents is 1. The molecule has 1 aliphatic carbocycles. The summed E-state index contributed by atoms with van der Waals surface area (Å²) in [5, 5.41) is 26.1. The van der Waals surface area contributed by atoms with Crippen LogP contribution in [0.2, 0.25) is 10.0 Å². The van der Waals surface area contributed by atoms with E-state index in [-0.39, 0.29) is 29.3 Å². The lowest BCUT2D eigenvalue weighted by molar-refractivity contribution is -0.385. The van der Waals surface area contributed by atoms with Crippen LogP contribution in [0.25, 0.3) is 0 Å². The number of anilines is 1. The number of nitrogens with zero attached hydrogens (tertiary/aromatic N) is 1. The van der Waals surface area contributed by atoms with Gasteiger partial charge in [-0.1, -0.05) is 41.4 Å². The third-order valence-electron chi connectivity index (χ3n) is 4.97. The molecule has 0 aromatic heterocycles. The van der Waals surface area contributed by atoms with E-state index in [1.807, 2.05) is 18.2 Å². The fourth-order valence-corrected chi connectivity index (χ4v) is 4.42. The molecular weight excluding hydrogens is 363 g/mol. The van der Waals surface area contributed by atoms with Crippen LogP contribution in [-0.4, -0.2) is 10.0 Å². The topological polar surface area (TPSA) is 75.4 Å². The van der Waals surface area contributed by atoms with Gasteiger partial charge in [-0.2, -0.15) is 0 Å². The van der Waals surface area contributed by atoms with Crippen molar-refractivity contribution in [3.63, 3.8) is 0 Å². The molecule has 0 saturated heterocycles. The molecule has 3 atom stereocenters. The van der Waals surface area contributed by atoms with Crippen LogP contribution in [-0.2, 0) is 0 Å². The third kappa shape index (κ3) is 2.55. The second-order valence-electron chi connectivity index (χ2n) is 6.29. The number of hydrogen-bond donors (Lipinski definition) is 2. The Kier molecular flexibility index (Phi) is 3.85. The molecule has 0 bridgehead atoms. The summed E-state index contributed by atoms with van der Waals surface area (Å²) < 4.78 is 0. The standard InChI is InChI=1S/C18H14Cl2N2O3/c19-9-4-5-12(13(20)8-9)17-11-3-1-2-10(11)16-14(22(24)25)6-7-15(23)18(16)21-17/h1-2,4-8,10-11,17,21,23H,3H2. The fourth-order valence-electron chi connectivity index (χ4n) is 3.90. The summed E-state index contributed by atoms with van der Waals surface area (Å²) in [6, 6.07) is 7.84. The van der Waals surface area contributed by atoms with E-state index in [0.29, 0.717) is 21.3 Å². The third-order valence-corrected chi connectivity index (χ3v) is 5.53. The molecule has 0 fully saturated rings. The van der Waals surface area contributed by atoms with Gasteiger partial charge in [0.05, 0.1) is 22.2 Å². The Balaban J connectivity index is 1.89. The monoisotopic (exact) mass is 376 g/mol. The molecule has 0 radical (unpaired) electrons. The molecule has 0 amide bonds. The Hall–Kier alpha value is -2.24. The maximum Gasteiger partial charge on any atom is 0.275 e. The van der Waals surface area contributed by atoms with Crippen molar-refractivity contribution in [1.29, 1.82) is 0 Å². The number of rotatable bonds is 2. The first-order chi connectivity index (χ1) is 12.0. The Morgan fingerprint density at radius 1 is 1.24 bits per heavy atom. The highest BCUT2D eigenvalue weighted by Crippen LogP contribution is 2.55. The van der Waals surface area contributed by atoms with Crippen molar-refractivity contribution in [3.05, 3.63) is 73.8 Å². The number of phenols is 1. The Morgan fingerprint density at radius 3 is 2.76 bits per heavy atom. The molecule has 4 rings (SSSR count). The SMILES string of the molecule is O=[N+]([O-])c1ccc(O)c2c1C1C=CCC1C(c1ccc(Cl)cc1Cl)N2. The minimum Gasteiger partial charge on any atom is -0.506 e. The van der Waals surface area contributed by atoms with E-state index in [2.05, 4.69) is 5.32 Å². The van der Waals surface area contributed by atoms with Crippen molar-refractivity contribution >= 4 is 34.6 Å². The van der Waals surface area contributed by atoms with Crippen molar-refractivity contribution in [2.24, 2.45) is 5.92 Å². The number of nitro groups is 1. The zero-order valence-electron chi connectivity index (χ0n) is 12.9. The van der Waals surface area contributed by atoms with Crippen molar-refractivity contribution < 1.29 is 10.0 Å². The van der Waals surface area contributed by atoms with Gasteiger partial charge in [-0.05, 0) is 36.1 Å². The van der Waals surface area contributed by atoms with Gasteiger partial charge in [0.1, 0.15) is 5.75 Å². The van der Waals surface area contributed by atoms with E-state index in [1.54, 1.807) is 12.1 Å². The van der Waals surface area contributed by atoms with Gasteiger partial charge >= 0.3 is 0 Å². The first kappa shape index (κ1) is 16.2. The molecule has 2 aromatic carbocycles. The van der Waals surface area contributed by atoms with E-state index in [1.165, 1.54) is 12.1 Å². The van der Waals surface area contributed by atoms with Crippen LogP contribution in [0, 0.1) is 16.0 Å². The number of phenolic OH excluding ortho intramolecular Hbond substituents is 1. The summed E-state index contributed by atoms with van der Waals surface area (Å²) in [4.78, 5) is 11.0. The number of nitrogens with one attached hydrogen (secondary N) is 1. The molecule has 0 spiro atoms. The second kappa shape index (κ2) is 5.93. The normalized spacial score (nSPS) is 23.7. The van der Waals surface area contributed by atoms with Crippen LogP contribution in [0.5, 0.6) is 5.75 Å². The van der Waals surface area contributed by atoms with Gasteiger partial charge in [-0.3, -0.25) is 10.1 Å². The summed E-state index contributed by atoms with van der Waals surface area (Å²) in [5.74, 6) is -0.0818.